The highest BCUT2D eigenvalue weighted by Crippen LogP contribution is 2.32. The fraction of sp³-hybridized carbons (Fsp3) is 0.556. The predicted octanol–water partition coefficient (Wildman–Crippen LogP) is 3.56. The standard InChI is InChI=1S/C18H24F3N3O2.ClH/c1-3-15(4-2)24-10-12(7-16(24)25)17(26)23-14-6-11(9-22)5-13(8-14)18(19,20)21;/h5-6,8,12,15H,3-4,7,9-10,22H2,1-2H3,(H,23,26);1H. The van der Waals surface area contributed by atoms with Crippen molar-refractivity contribution in [3.63, 3.8) is 0 Å². The SMILES string of the molecule is CCC(CC)N1CC(C(=O)Nc2cc(CN)cc(C(F)(F)F)c2)CC1=O.Cl. The first-order valence-corrected chi connectivity index (χ1v) is 8.71. The predicted molar refractivity (Wildman–Crippen MR) is 99.4 cm³/mol. The molecule has 0 saturated carbocycles. The van der Waals surface area contributed by atoms with Crippen molar-refractivity contribution in [2.75, 3.05) is 11.9 Å². The van der Waals surface area contributed by atoms with Crippen LogP contribution in [0.4, 0.5) is 18.9 Å². The maximum absolute atomic E-state index is 13.0. The van der Waals surface area contributed by atoms with Gasteiger partial charge in [-0.05, 0) is 36.6 Å². The number of nitrogens with one attached hydrogen (secondary N) is 1. The van der Waals surface area contributed by atoms with E-state index in [1.807, 2.05) is 13.8 Å². The first-order valence-electron chi connectivity index (χ1n) is 8.71. The third-order valence-corrected chi connectivity index (χ3v) is 4.74. The molecule has 0 aliphatic carbocycles. The smallest absolute Gasteiger partial charge is 0.339 e. The number of hydrogen-bond acceptors (Lipinski definition) is 3. The third-order valence-electron chi connectivity index (χ3n) is 4.74. The van der Waals surface area contributed by atoms with Gasteiger partial charge in [0, 0.05) is 31.2 Å². The number of rotatable bonds is 6. The Morgan fingerprint density at radius 1 is 1.30 bits per heavy atom. The normalized spacial score (nSPS) is 17.2. The van der Waals surface area contributed by atoms with Crippen LogP contribution >= 0.6 is 12.4 Å². The monoisotopic (exact) mass is 407 g/mol. The quantitative estimate of drug-likeness (QED) is 0.757. The second-order valence-corrected chi connectivity index (χ2v) is 6.53. The number of carbonyl (C=O) groups is 2. The van der Waals surface area contributed by atoms with Crippen LogP contribution in [0.2, 0.25) is 0 Å². The number of hydrogen-bond donors (Lipinski definition) is 2. The zero-order chi connectivity index (χ0) is 19.5. The molecule has 1 unspecified atom stereocenters. The molecule has 0 spiro atoms. The lowest BCUT2D eigenvalue weighted by atomic mass is 10.1. The molecule has 152 valence electrons. The Morgan fingerprint density at radius 2 is 1.93 bits per heavy atom. The van der Waals surface area contributed by atoms with Crippen molar-refractivity contribution < 1.29 is 22.8 Å². The average molecular weight is 408 g/mol. The number of anilines is 1. The summed E-state index contributed by atoms with van der Waals surface area (Å²) in [6.07, 6.45) is -2.86. The molecule has 9 heteroatoms. The maximum atomic E-state index is 13.0. The highest BCUT2D eigenvalue weighted by Gasteiger charge is 2.37. The summed E-state index contributed by atoms with van der Waals surface area (Å²) in [6.45, 7) is 4.18. The van der Waals surface area contributed by atoms with Crippen LogP contribution in [0, 0.1) is 5.92 Å². The molecule has 5 nitrogen and oxygen atoms in total. The number of halogens is 4. The summed E-state index contributed by atoms with van der Waals surface area (Å²) >= 11 is 0. The Balaban J connectivity index is 0.00000364. The lowest BCUT2D eigenvalue weighted by Crippen LogP contribution is -2.36. The van der Waals surface area contributed by atoms with Gasteiger partial charge in [0.2, 0.25) is 11.8 Å². The fourth-order valence-electron chi connectivity index (χ4n) is 3.28. The minimum Gasteiger partial charge on any atom is -0.339 e. The first-order chi connectivity index (χ1) is 12.2. The molecule has 2 rings (SSSR count). The molecule has 1 aliphatic rings. The molecule has 1 aromatic rings. The Bertz CT molecular complexity index is 678. The molecule has 2 amide bonds. The summed E-state index contributed by atoms with van der Waals surface area (Å²) in [6, 6.07) is 3.34. The van der Waals surface area contributed by atoms with Crippen molar-refractivity contribution >= 4 is 29.9 Å². The van der Waals surface area contributed by atoms with Gasteiger partial charge in [-0.15, -0.1) is 12.4 Å². The number of benzene rings is 1. The lowest BCUT2D eigenvalue weighted by Gasteiger charge is -2.26. The van der Waals surface area contributed by atoms with Gasteiger partial charge in [-0.25, -0.2) is 0 Å². The minimum atomic E-state index is -4.53. The summed E-state index contributed by atoms with van der Waals surface area (Å²) < 4.78 is 39.0. The van der Waals surface area contributed by atoms with E-state index in [2.05, 4.69) is 5.32 Å². The van der Waals surface area contributed by atoms with Gasteiger partial charge in [0.15, 0.2) is 0 Å². The summed E-state index contributed by atoms with van der Waals surface area (Å²) in [4.78, 5) is 26.3. The summed E-state index contributed by atoms with van der Waals surface area (Å²) in [5.41, 5.74) is 4.90. The second-order valence-electron chi connectivity index (χ2n) is 6.53. The molecule has 1 heterocycles. The number of amides is 2. The Kier molecular flexibility index (Phi) is 8.10. The molecular formula is C18H25ClF3N3O2. The van der Waals surface area contributed by atoms with Gasteiger partial charge in [-0.1, -0.05) is 13.8 Å². The lowest BCUT2D eigenvalue weighted by molar-refractivity contribution is -0.137. The Labute approximate surface area is 162 Å². The largest absolute Gasteiger partial charge is 0.416 e. The first kappa shape index (κ1) is 23.2. The molecular weight excluding hydrogens is 383 g/mol. The van der Waals surface area contributed by atoms with E-state index in [9.17, 15) is 22.8 Å². The highest BCUT2D eigenvalue weighted by atomic mass is 35.5. The third kappa shape index (κ3) is 5.59. The van der Waals surface area contributed by atoms with E-state index in [1.54, 1.807) is 4.90 Å². The van der Waals surface area contributed by atoms with E-state index >= 15 is 0 Å². The maximum Gasteiger partial charge on any atom is 0.416 e. The van der Waals surface area contributed by atoms with E-state index in [4.69, 9.17) is 5.73 Å². The van der Waals surface area contributed by atoms with Gasteiger partial charge in [-0.2, -0.15) is 13.2 Å². The molecule has 1 saturated heterocycles. The summed E-state index contributed by atoms with van der Waals surface area (Å²) in [7, 11) is 0. The van der Waals surface area contributed by atoms with E-state index in [1.165, 1.54) is 6.07 Å². The molecule has 1 atom stereocenters. The molecule has 1 fully saturated rings. The van der Waals surface area contributed by atoms with Gasteiger partial charge >= 0.3 is 6.18 Å². The molecule has 0 aromatic heterocycles. The van der Waals surface area contributed by atoms with Crippen LogP contribution in [-0.4, -0.2) is 29.3 Å². The number of nitrogens with two attached hydrogens (primary N) is 1. The number of alkyl halides is 3. The van der Waals surface area contributed by atoms with Crippen molar-refractivity contribution in [3.05, 3.63) is 29.3 Å². The molecule has 1 aliphatic heterocycles. The van der Waals surface area contributed by atoms with Crippen LogP contribution in [0.5, 0.6) is 0 Å². The van der Waals surface area contributed by atoms with Crippen molar-refractivity contribution in [3.8, 4) is 0 Å². The molecule has 0 radical (unpaired) electrons. The zero-order valence-corrected chi connectivity index (χ0v) is 16.1. The van der Waals surface area contributed by atoms with Crippen molar-refractivity contribution in [1.82, 2.24) is 4.90 Å². The van der Waals surface area contributed by atoms with E-state index in [0.717, 1.165) is 25.0 Å². The molecule has 27 heavy (non-hydrogen) atoms. The van der Waals surface area contributed by atoms with Crippen LogP contribution in [0.3, 0.4) is 0 Å². The average Bonchev–Trinajstić information content (AvgIpc) is 2.97. The van der Waals surface area contributed by atoms with Crippen molar-refractivity contribution in [1.29, 1.82) is 0 Å². The van der Waals surface area contributed by atoms with Crippen molar-refractivity contribution in [2.24, 2.45) is 11.7 Å². The van der Waals surface area contributed by atoms with Crippen LogP contribution in [0.1, 0.15) is 44.2 Å². The van der Waals surface area contributed by atoms with Crippen LogP contribution in [0.15, 0.2) is 18.2 Å². The van der Waals surface area contributed by atoms with E-state index in [0.29, 0.717) is 6.54 Å². The number of nitrogens with zero attached hydrogens (tertiary/aromatic N) is 1. The van der Waals surface area contributed by atoms with Gasteiger partial charge in [-0.3, -0.25) is 9.59 Å². The van der Waals surface area contributed by atoms with Crippen LogP contribution in [-0.2, 0) is 22.3 Å². The summed E-state index contributed by atoms with van der Waals surface area (Å²) in [5, 5.41) is 2.51. The topological polar surface area (TPSA) is 75.4 Å². The van der Waals surface area contributed by atoms with Crippen LogP contribution < -0.4 is 11.1 Å². The van der Waals surface area contributed by atoms with Crippen LogP contribution in [0.25, 0.3) is 0 Å². The molecule has 1 aromatic carbocycles. The van der Waals surface area contributed by atoms with Gasteiger partial charge < -0.3 is 16.0 Å². The summed E-state index contributed by atoms with van der Waals surface area (Å²) in [5.74, 6) is -1.11. The zero-order valence-electron chi connectivity index (χ0n) is 15.3. The molecule has 0 bridgehead atoms. The Morgan fingerprint density at radius 3 is 2.44 bits per heavy atom. The second kappa shape index (κ2) is 9.41. The number of carbonyl (C=O) groups excluding carboxylic acids is 2. The van der Waals surface area contributed by atoms with Crippen molar-refractivity contribution in [2.45, 2.75) is 51.9 Å². The van der Waals surface area contributed by atoms with E-state index in [-0.39, 0.29) is 48.6 Å². The minimum absolute atomic E-state index is 0. The number of likely N-dealkylation sites (tertiary alicyclic amines) is 1. The highest BCUT2D eigenvalue weighted by molar-refractivity contribution is 5.97. The van der Waals surface area contributed by atoms with Gasteiger partial charge in [0.1, 0.15) is 0 Å². The van der Waals surface area contributed by atoms with Gasteiger partial charge in [0.05, 0.1) is 11.5 Å². The molecule has 3 N–H and O–H groups in total. The van der Waals surface area contributed by atoms with E-state index < -0.39 is 23.6 Å². The Hall–Kier alpha value is -1.80. The van der Waals surface area contributed by atoms with Gasteiger partial charge in [0.25, 0.3) is 0 Å². The fourth-order valence-corrected chi connectivity index (χ4v) is 3.28.